The lowest BCUT2D eigenvalue weighted by Crippen LogP contribution is -2.60. The van der Waals surface area contributed by atoms with E-state index in [1.54, 1.807) is 18.2 Å². The third-order valence-corrected chi connectivity index (χ3v) is 5.72. The van der Waals surface area contributed by atoms with Gasteiger partial charge in [-0.05, 0) is 60.1 Å². The molecule has 5 atom stereocenters. The monoisotopic (exact) mass is 411 g/mol. The Morgan fingerprint density at radius 3 is 2.37 bits per heavy atom. The van der Waals surface area contributed by atoms with Crippen molar-refractivity contribution in [3.63, 3.8) is 0 Å². The summed E-state index contributed by atoms with van der Waals surface area (Å²) in [6.45, 7) is -0.528. The van der Waals surface area contributed by atoms with E-state index >= 15 is 0 Å². The van der Waals surface area contributed by atoms with Crippen LogP contribution in [0.1, 0.15) is 41.0 Å². The third-order valence-electron chi connectivity index (χ3n) is 5.72. The highest BCUT2D eigenvalue weighted by Gasteiger charge is 2.44. The van der Waals surface area contributed by atoms with Crippen molar-refractivity contribution in [2.75, 3.05) is 6.61 Å². The Bertz CT molecular complexity index is 918. The molecule has 0 radical (unpaired) electrons. The first kappa shape index (κ1) is 20.8. The van der Waals surface area contributed by atoms with Crippen LogP contribution in [0.3, 0.4) is 0 Å². The summed E-state index contributed by atoms with van der Waals surface area (Å²) in [4.78, 5) is 0. The van der Waals surface area contributed by atoms with E-state index in [1.807, 2.05) is 0 Å². The Morgan fingerprint density at radius 2 is 1.73 bits per heavy atom. The summed E-state index contributed by atoms with van der Waals surface area (Å²) in [5.74, 6) is 1.03. The summed E-state index contributed by atoms with van der Waals surface area (Å²) in [7, 11) is 0. The van der Waals surface area contributed by atoms with Crippen molar-refractivity contribution in [1.29, 1.82) is 5.26 Å². The van der Waals surface area contributed by atoms with E-state index in [1.165, 1.54) is 18.4 Å². The molecule has 158 valence electrons. The SMILES string of the molecule is N#Cc1ccc(O[C@@H]2O[C@H](CO)[C@@H](O)[C@H](O)[C@H]2O)cc1Cc1ccc(C2CC2)cc1. The van der Waals surface area contributed by atoms with Gasteiger partial charge in [-0.2, -0.15) is 5.26 Å². The predicted octanol–water partition coefficient (Wildman–Crippen LogP) is 1.21. The van der Waals surface area contributed by atoms with Gasteiger partial charge in [0.15, 0.2) is 0 Å². The Balaban J connectivity index is 1.51. The number of aliphatic hydroxyl groups excluding tert-OH is 4. The largest absolute Gasteiger partial charge is 0.462 e. The number of rotatable bonds is 6. The number of aliphatic hydroxyl groups is 4. The van der Waals surface area contributed by atoms with Crippen LogP contribution in [0.4, 0.5) is 0 Å². The van der Waals surface area contributed by atoms with E-state index in [0.717, 1.165) is 11.1 Å². The first-order valence-corrected chi connectivity index (χ1v) is 10.1. The number of ether oxygens (including phenoxy) is 2. The summed E-state index contributed by atoms with van der Waals surface area (Å²) in [5, 5.41) is 48.8. The Hall–Kier alpha value is -2.47. The number of hydrogen-bond donors (Lipinski definition) is 4. The van der Waals surface area contributed by atoms with Gasteiger partial charge in [0.1, 0.15) is 30.2 Å². The molecule has 2 aromatic carbocycles. The van der Waals surface area contributed by atoms with Crippen LogP contribution in [0, 0.1) is 11.3 Å². The maximum absolute atomic E-state index is 10.2. The number of nitriles is 1. The van der Waals surface area contributed by atoms with Crippen molar-refractivity contribution < 1.29 is 29.9 Å². The molecule has 2 fully saturated rings. The minimum atomic E-state index is -1.51. The molecule has 1 saturated heterocycles. The highest BCUT2D eigenvalue weighted by molar-refractivity contribution is 5.45. The molecule has 1 heterocycles. The normalized spacial score (nSPS) is 28.7. The van der Waals surface area contributed by atoms with Gasteiger partial charge >= 0.3 is 0 Å². The highest BCUT2D eigenvalue weighted by Crippen LogP contribution is 2.40. The van der Waals surface area contributed by atoms with Gasteiger partial charge in [0.05, 0.1) is 18.2 Å². The fourth-order valence-electron chi connectivity index (χ4n) is 3.74. The molecule has 0 unspecified atom stereocenters. The molecular weight excluding hydrogens is 386 g/mol. The lowest BCUT2D eigenvalue weighted by molar-refractivity contribution is -0.277. The standard InChI is InChI=1S/C23H25NO6/c24-11-16-7-8-18(29-23-22(28)21(27)20(26)19(12-25)30-23)10-17(16)9-13-1-3-14(4-2-13)15-5-6-15/h1-4,7-8,10,15,19-23,25-28H,5-6,9,12H2/t19-,20-,21+,22-,23-/m1/s1. The van der Waals surface area contributed by atoms with Gasteiger partial charge in [-0.3, -0.25) is 0 Å². The van der Waals surface area contributed by atoms with Gasteiger partial charge in [0.25, 0.3) is 0 Å². The molecule has 4 rings (SSSR count). The predicted molar refractivity (Wildman–Crippen MR) is 107 cm³/mol. The number of hydrogen-bond acceptors (Lipinski definition) is 7. The molecule has 1 saturated carbocycles. The first-order chi connectivity index (χ1) is 14.5. The van der Waals surface area contributed by atoms with Crippen LogP contribution in [0.15, 0.2) is 42.5 Å². The lowest BCUT2D eigenvalue weighted by atomic mass is 9.98. The van der Waals surface area contributed by atoms with Crippen molar-refractivity contribution in [3.8, 4) is 11.8 Å². The molecule has 7 heteroatoms. The van der Waals surface area contributed by atoms with Crippen LogP contribution < -0.4 is 4.74 Å². The van der Waals surface area contributed by atoms with Crippen molar-refractivity contribution in [2.45, 2.75) is 55.9 Å². The molecule has 30 heavy (non-hydrogen) atoms. The van der Waals surface area contributed by atoms with Gasteiger partial charge in [-0.1, -0.05) is 24.3 Å². The van der Waals surface area contributed by atoms with Crippen molar-refractivity contribution >= 4 is 0 Å². The van der Waals surface area contributed by atoms with E-state index in [4.69, 9.17) is 9.47 Å². The third kappa shape index (κ3) is 4.33. The van der Waals surface area contributed by atoms with E-state index in [-0.39, 0.29) is 0 Å². The maximum Gasteiger partial charge on any atom is 0.229 e. The zero-order valence-electron chi connectivity index (χ0n) is 16.4. The van der Waals surface area contributed by atoms with Crippen LogP contribution in [0.25, 0.3) is 0 Å². The van der Waals surface area contributed by atoms with Gasteiger partial charge < -0.3 is 29.9 Å². The molecule has 2 aliphatic rings. The first-order valence-electron chi connectivity index (χ1n) is 10.1. The Kier molecular flexibility index (Phi) is 6.04. The minimum Gasteiger partial charge on any atom is -0.462 e. The highest BCUT2D eigenvalue weighted by atomic mass is 16.7. The van der Waals surface area contributed by atoms with Crippen LogP contribution >= 0.6 is 0 Å². The molecular formula is C23H25NO6. The summed E-state index contributed by atoms with van der Waals surface area (Å²) >= 11 is 0. The fraction of sp³-hybridized carbons (Fsp3) is 0.435. The van der Waals surface area contributed by atoms with Crippen molar-refractivity contribution in [2.24, 2.45) is 0 Å². The zero-order valence-corrected chi connectivity index (χ0v) is 16.4. The number of nitrogens with zero attached hydrogens (tertiary/aromatic N) is 1. The van der Waals surface area contributed by atoms with Gasteiger partial charge in [-0.25, -0.2) is 0 Å². The Labute approximate surface area is 174 Å². The molecule has 2 aromatic rings. The summed E-state index contributed by atoms with van der Waals surface area (Å²) < 4.78 is 11.1. The number of benzene rings is 2. The zero-order chi connectivity index (χ0) is 21.3. The summed E-state index contributed by atoms with van der Waals surface area (Å²) in [5.41, 5.74) is 3.70. The van der Waals surface area contributed by atoms with E-state index < -0.39 is 37.3 Å². The second-order valence-corrected chi connectivity index (χ2v) is 7.94. The average Bonchev–Trinajstić information content (AvgIpc) is 3.60. The fourth-order valence-corrected chi connectivity index (χ4v) is 3.74. The van der Waals surface area contributed by atoms with Gasteiger partial charge in [0, 0.05) is 0 Å². The minimum absolute atomic E-state index is 0.350. The van der Waals surface area contributed by atoms with Gasteiger partial charge in [0.2, 0.25) is 6.29 Å². The smallest absolute Gasteiger partial charge is 0.229 e. The van der Waals surface area contributed by atoms with Crippen LogP contribution in [-0.4, -0.2) is 57.7 Å². The maximum atomic E-state index is 10.2. The second kappa shape index (κ2) is 8.72. The second-order valence-electron chi connectivity index (χ2n) is 7.94. The van der Waals surface area contributed by atoms with Crippen LogP contribution in [0.5, 0.6) is 5.75 Å². The van der Waals surface area contributed by atoms with Crippen LogP contribution in [0.2, 0.25) is 0 Å². The molecule has 1 aliphatic carbocycles. The summed E-state index contributed by atoms with van der Waals surface area (Å²) in [6, 6.07) is 15.5. The van der Waals surface area contributed by atoms with Crippen molar-refractivity contribution in [1.82, 2.24) is 0 Å². The van der Waals surface area contributed by atoms with Crippen molar-refractivity contribution in [3.05, 3.63) is 64.7 Å². The van der Waals surface area contributed by atoms with Gasteiger partial charge in [-0.15, -0.1) is 0 Å². The molecule has 0 spiro atoms. The molecule has 0 bridgehead atoms. The molecule has 7 nitrogen and oxygen atoms in total. The summed E-state index contributed by atoms with van der Waals surface area (Å²) in [6.07, 6.45) is -3.72. The average molecular weight is 411 g/mol. The Morgan fingerprint density at radius 1 is 1.00 bits per heavy atom. The van der Waals surface area contributed by atoms with Crippen LogP contribution in [-0.2, 0) is 11.2 Å². The topological polar surface area (TPSA) is 123 Å². The van der Waals surface area contributed by atoms with E-state index in [9.17, 15) is 25.7 Å². The lowest BCUT2D eigenvalue weighted by Gasteiger charge is -2.39. The molecule has 1 aliphatic heterocycles. The quantitative estimate of drug-likeness (QED) is 0.563. The molecule has 0 aromatic heterocycles. The van der Waals surface area contributed by atoms with E-state index in [2.05, 4.69) is 30.3 Å². The molecule has 4 N–H and O–H groups in total. The molecule has 0 amide bonds. The van der Waals surface area contributed by atoms with E-state index in [0.29, 0.717) is 23.7 Å².